The number of Topliss-reactive ketones (excluding diaryl/α,β-unsaturated/α-hetero) is 2. The maximum atomic E-state index is 13.9. The number of hydrogen-bond acceptors (Lipinski definition) is 4. The van der Waals surface area contributed by atoms with Crippen LogP contribution in [0.15, 0.2) is 53.6 Å². The third-order valence-corrected chi connectivity index (χ3v) is 6.18. The van der Waals surface area contributed by atoms with Crippen LogP contribution < -0.4 is 0 Å². The summed E-state index contributed by atoms with van der Waals surface area (Å²) >= 11 is 0. The topological polar surface area (TPSA) is 52.6 Å². The molecule has 4 rings (SSSR count). The molecule has 4 nitrogen and oxygen atoms in total. The predicted molar refractivity (Wildman–Crippen MR) is 111 cm³/mol. The Morgan fingerprint density at radius 3 is 2.21 bits per heavy atom. The largest absolute Gasteiger partial charge is 0.331 e. The number of allylic oxidation sites excluding steroid dienone is 2. The van der Waals surface area contributed by atoms with Gasteiger partial charge in [0.15, 0.2) is 29.1 Å². The van der Waals surface area contributed by atoms with Gasteiger partial charge in [-0.25, -0.2) is 0 Å². The molecule has 2 heterocycles. The highest BCUT2D eigenvalue weighted by atomic mass is 16.8. The van der Waals surface area contributed by atoms with Gasteiger partial charge in [-0.15, -0.1) is 0 Å². The Labute approximate surface area is 173 Å². The third-order valence-electron chi connectivity index (χ3n) is 6.18. The first-order chi connectivity index (χ1) is 13.4. The highest BCUT2D eigenvalue weighted by Gasteiger charge is 2.67. The Hall–Kier alpha value is -2.04. The summed E-state index contributed by atoms with van der Waals surface area (Å²) < 4.78 is 12.9. The number of carbonyl (C=O) groups is 2. The molecular weight excluding hydrogens is 364 g/mol. The van der Waals surface area contributed by atoms with Crippen LogP contribution in [-0.4, -0.2) is 23.3 Å². The second kappa shape index (κ2) is 6.23. The summed E-state index contributed by atoms with van der Waals surface area (Å²) in [6, 6.07) is 9.65. The molecule has 29 heavy (non-hydrogen) atoms. The van der Waals surface area contributed by atoms with Gasteiger partial charge in [0.05, 0.1) is 0 Å². The van der Waals surface area contributed by atoms with Crippen molar-refractivity contribution in [2.75, 3.05) is 0 Å². The summed E-state index contributed by atoms with van der Waals surface area (Å²) in [6.45, 7) is 12.4. The molecule has 0 amide bonds. The van der Waals surface area contributed by atoms with E-state index in [4.69, 9.17) is 9.47 Å². The molecule has 1 aromatic carbocycles. The van der Waals surface area contributed by atoms with Crippen LogP contribution in [0.25, 0.3) is 0 Å². The molecule has 1 aliphatic carbocycles. The van der Waals surface area contributed by atoms with Gasteiger partial charge in [-0.2, -0.15) is 0 Å². The zero-order valence-corrected chi connectivity index (χ0v) is 18.2. The first-order valence-electron chi connectivity index (χ1n) is 10.4. The van der Waals surface area contributed by atoms with Crippen LogP contribution in [0.4, 0.5) is 0 Å². The Morgan fingerprint density at radius 2 is 1.62 bits per heavy atom. The van der Waals surface area contributed by atoms with Crippen molar-refractivity contribution < 1.29 is 19.1 Å². The molecule has 0 aromatic heterocycles. The highest BCUT2D eigenvalue weighted by Crippen LogP contribution is 2.55. The van der Waals surface area contributed by atoms with E-state index < -0.39 is 17.5 Å². The average molecular weight is 395 g/mol. The summed E-state index contributed by atoms with van der Waals surface area (Å²) in [5.74, 6) is -1.30. The molecule has 2 saturated heterocycles. The van der Waals surface area contributed by atoms with Gasteiger partial charge in [0, 0.05) is 24.0 Å². The molecule has 4 heteroatoms. The predicted octanol–water partition coefficient (Wildman–Crippen LogP) is 4.88. The maximum Gasteiger partial charge on any atom is 0.198 e. The zero-order valence-electron chi connectivity index (χ0n) is 18.2. The van der Waals surface area contributed by atoms with Crippen molar-refractivity contribution in [1.29, 1.82) is 0 Å². The van der Waals surface area contributed by atoms with E-state index in [1.807, 2.05) is 63.3 Å². The standard InChI is InChI=1S/C25H30O4/c1-22(2,3)17-14-18(23(4,5)6)20(27)24(15-17)21-19(26)12-13-25(28-21,29-24)16-10-8-7-9-11-16/h7-11,14-15,21H,12-13H2,1-6H3. The van der Waals surface area contributed by atoms with Crippen LogP contribution in [-0.2, 0) is 24.8 Å². The lowest BCUT2D eigenvalue weighted by atomic mass is 9.68. The summed E-state index contributed by atoms with van der Waals surface area (Å²) in [4.78, 5) is 26.8. The van der Waals surface area contributed by atoms with Crippen LogP contribution in [0.5, 0.6) is 0 Å². The fourth-order valence-corrected chi connectivity index (χ4v) is 4.46. The van der Waals surface area contributed by atoms with E-state index in [2.05, 4.69) is 20.8 Å². The van der Waals surface area contributed by atoms with Gasteiger partial charge in [0.25, 0.3) is 0 Å². The van der Waals surface area contributed by atoms with Crippen LogP contribution in [0, 0.1) is 10.8 Å². The van der Waals surface area contributed by atoms with Crippen molar-refractivity contribution >= 4 is 11.6 Å². The molecule has 154 valence electrons. The molecule has 2 fully saturated rings. The smallest absolute Gasteiger partial charge is 0.198 e. The number of benzene rings is 1. The first kappa shape index (κ1) is 20.2. The second-order valence-electron chi connectivity index (χ2n) is 10.5. The first-order valence-corrected chi connectivity index (χ1v) is 10.4. The highest BCUT2D eigenvalue weighted by molar-refractivity contribution is 6.10. The molecule has 0 N–H and O–H groups in total. The summed E-state index contributed by atoms with van der Waals surface area (Å²) in [5.41, 5.74) is 0.528. The van der Waals surface area contributed by atoms with Gasteiger partial charge >= 0.3 is 0 Å². The Kier molecular flexibility index (Phi) is 4.35. The molecule has 0 saturated carbocycles. The Morgan fingerprint density at radius 1 is 0.966 bits per heavy atom. The summed E-state index contributed by atoms with van der Waals surface area (Å²) in [6.07, 6.45) is 3.67. The van der Waals surface area contributed by atoms with Crippen molar-refractivity contribution in [3.05, 3.63) is 59.2 Å². The van der Waals surface area contributed by atoms with E-state index in [9.17, 15) is 9.59 Å². The Bertz CT molecular complexity index is 926. The van der Waals surface area contributed by atoms with Crippen molar-refractivity contribution in [2.45, 2.75) is 71.9 Å². The third kappa shape index (κ3) is 3.04. The van der Waals surface area contributed by atoms with Crippen LogP contribution in [0.2, 0.25) is 0 Å². The lowest BCUT2D eigenvalue weighted by Crippen LogP contribution is -2.53. The van der Waals surface area contributed by atoms with E-state index in [1.54, 1.807) is 0 Å². The van der Waals surface area contributed by atoms with E-state index >= 15 is 0 Å². The molecule has 1 spiro atoms. The van der Waals surface area contributed by atoms with E-state index in [0.29, 0.717) is 18.4 Å². The van der Waals surface area contributed by atoms with Crippen molar-refractivity contribution in [3.8, 4) is 0 Å². The number of ketones is 2. The van der Waals surface area contributed by atoms with Gasteiger partial charge in [-0.3, -0.25) is 9.59 Å². The van der Waals surface area contributed by atoms with E-state index in [-0.39, 0.29) is 22.4 Å². The molecule has 1 aromatic rings. The lowest BCUT2D eigenvalue weighted by Gasteiger charge is -2.38. The minimum atomic E-state index is -1.41. The van der Waals surface area contributed by atoms with Gasteiger partial charge in [-0.1, -0.05) is 78.0 Å². The van der Waals surface area contributed by atoms with E-state index in [1.165, 1.54) is 0 Å². The van der Waals surface area contributed by atoms with Gasteiger partial charge in [0.2, 0.25) is 0 Å². The lowest BCUT2D eigenvalue weighted by molar-refractivity contribution is -0.207. The van der Waals surface area contributed by atoms with Crippen molar-refractivity contribution in [1.82, 2.24) is 0 Å². The number of rotatable bonds is 1. The molecule has 3 unspecified atom stereocenters. The van der Waals surface area contributed by atoms with Crippen LogP contribution in [0.1, 0.15) is 59.9 Å². The van der Waals surface area contributed by atoms with Gasteiger partial charge in [-0.05, 0) is 22.5 Å². The van der Waals surface area contributed by atoms with Gasteiger partial charge < -0.3 is 9.47 Å². The minimum Gasteiger partial charge on any atom is -0.331 e. The second-order valence-corrected chi connectivity index (χ2v) is 10.5. The molecule has 2 bridgehead atoms. The molecule has 3 aliphatic rings. The van der Waals surface area contributed by atoms with Crippen LogP contribution >= 0.6 is 0 Å². The number of carbonyl (C=O) groups excluding carboxylic acids is 2. The number of ether oxygens (including phenoxy) is 2. The summed E-state index contributed by atoms with van der Waals surface area (Å²) in [7, 11) is 0. The zero-order chi connectivity index (χ0) is 21.2. The Balaban J connectivity index is 1.92. The van der Waals surface area contributed by atoms with Crippen molar-refractivity contribution in [3.63, 3.8) is 0 Å². The van der Waals surface area contributed by atoms with Crippen LogP contribution in [0.3, 0.4) is 0 Å². The molecule has 3 atom stereocenters. The van der Waals surface area contributed by atoms with E-state index in [0.717, 1.165) is 11.1 Å². The summed E-state index contributed by atoms with van der Waals surface area (Å²) in [5, 5.41) is 0. The molecular formula is C25H30O4. The number of fused-ring (bicyclic) bond motifs is 3. The fourth-order valence-electron chi connectivity index (χ4n) is 4.46. The normalized spacial score (nSPS) is 32.4. The maximum absolute atomic E-state index is 13.9. The van der Waals surface area contributed by atoms with Gasteiger partial charge in [0.1, 0.15) is 0 Å². The SMILES string of the molecule is CC(C)(C)C1=CC2(OC3(c4ccccc4)CCC(=O)C2O3)C(=O)C(C(C)(C)C)=C1. The quantitative estimate of drug-likeness (QED) is 0.681. The monoisotopic (exact) mass is 394 g/mol. The average Bonchev–Trinajstić information content (AvgIpc) is 2.92. The van der Waals surface area contributed by atoms with Crippen molar-refractivity contribution in [2.24, 2.45) is 10.8 Å². The molecule has 0 radical (unpaired) electrons. The molecule has 2 aliphatic heterocycles. The minimum absolute atomic E-state index is 0.0675. The fraction of sp³-hybridized carbons (Fsp3) is 0.520. The number of hydrogen-bond donors (Lipinski definition) is 0.